The van der Waals surface area contributed by atoms with Crippen LogP contribution >= 0.6 is 0 Å². The van der Waals surface area contributed by atoms with Crippen LogP contribution in [0.5, 0.6) is 5.75 Å². The molecule has 2 rings (SSSR count). The van der Waals surface area contributed by atoms with Gasteiger partial charge in [0.2, 0.25) is 0 Å². The molecular formula is C16H22O3. The van der Waals surface area contributed by atoms with Gasteiger partial charge in [-0.1, -0.05) is 18.6 Å². The number of benzene rings is 1. The van der Waals surface area contributed by atoms with Crippen molar-refractivity contribution in [1.29, 1.82) is 0 Å². The Bertz CT molecular complexity index is 418. The molecule has 0 aliphatic heterocycles. The van der Waals surface area contributed by atoms with E-state index in [0.29, 0.717) is 5.92 Å². The van der Waals surface area contributed by atoms with Gasteiger partial charge in [0.05, 0.1) is 12.5 Å². The second-order valence-corrected chi connectivity index (χ2v) is 5.63. The Morgan fingerprint density at radius 3 is 2.37 bits per heavy atom. The fourth-order valence-electron chi connectivity index (χ4n) is 2.65. The lowest BCUT2D eigenvalue weighted by Crippen LogP contribution is -2.22. The number of hydrogen-bond donors (Lipinski definition) is 1. The van der Waals surface area contributed by atoms with Crippen molar-refractivity contribution in [3.8, 4) is 5.75 Å². The highest BCUT2D eigenvalue weighted by Gasteiger charge is 2.30. The summed E-state index contributed by atoms with van der Waals surface area (Å²) in [5.41, 5.74) is 1.13. The van der Waals surface area contributed by atoms with E-state index in [9.17, 15) is 4.79 Å². The molecule has 19 heavy (non-hydrogen) atoms. The van der Waals surface area contributed by atoms with Gasteiger partial charge >= 0.3 is 5.97 Å². The average molecular weight is 262 g/mol. The van der Waals surface area contributed by atoms with Crippen LogP contribution in [0, 0.1) is 5.92 Å². The van der Waals surface area contributed by atoms with Crippen molar-refractivity contribution in [3.63, 3.8) is 0 Å². The SMILES string of the molecule is CC(C)Oc1ccc(C(CC(=O)O)C2CCC2)cc1. The zero-order chi connectivity index (χ0) is 13.8. The molecule has 0 saturated heterocycles. The van der Waals surface area contributed by atoms with Crippen LogP contribution in [-0.2, 0) is 4.79 Å². The first-order chi connectivity index (χ1) is 9.06. The first-order valence-electron chi connectivity index (χ1n) is 7.04. The van der Waals surface area contributed by atoms with E-state index in [0.717, 1.165) is 24.2 Å². The molecule has 1 unspecified atom stereocenters. The molecular weight excluding hydrogens is 240 g/mol. The summed E-state index contributed by atoms with van der Waals surface area (Å²) in [6.07, 6.45) is 3.93. The van der Waals surface area contributed by atoms with E-state index < -0.39 is 5.97 Å². The Morgan fingerprint density at radius 1 is 1.32 bits per heavy atom. The number of carboxylic acids is 1. The van der Waals surface area contributed by atoms with Crippen molar-refractivity contribution in [2.45, 2.75) is 51.6 Å². The normalized spacial score (nSPS) is 17.0. The first kappa shape index (κ1) is 13.9. The molecule has 1 saturated carbocycles. The maximum Gasteiger partial charge on any atom is 0.303 e. The molecule has 1 aromatic carbocycles. The molecule has 0 bridgehead atoms. The van der Waals surface area contributed by atoms with Gasteiger partial charge in [-0.05, 0) is 56.2 Å². The van der Waals surface area contributed by atoms with E-state index in [1.807, 2.05) is 38.1 Å². The van der Waals surface area contributed by atoms with Crippen LogP contribution in [0.25, 0.3) is 0 Å². The number of carboxylic acid groups (broad SMARTS) is 1. The molecule has 104 valence electrons. The monoisotopic (exact) mass is 262 g/mol. The summed E-state index contributed by atoms with van der Waals surface area (Å²) in [6, 6.07) is 7.93. The van der Waals surface area contributed by atoms with E-state index >= 15 is 0 Å². The van der Waals surface area contributed by atoms with Crippen LogP contribution in [0.15, 0.2) is 24.3 Å². The third kappa shape index (κ3) is 3.72. The number of carbonyl (C=O) groups is 1. The summed E-state index contributed by atoms with van der Waals surface area (Å²) in [4.78, 5) is 11.0. The summed E-state index contributed by atoms with van der Waals surface area (Å²) >= 11 is 0. The molecule has 0 heterocycles. The van der Waals surface area contributed by atoms with Gasteiger partial charge in [0.15, 0.2) is 0 Å². The van der Waals surface area contributed by atoms with Crippen molar-refractivity contribution >= 4 is 5.97 Å². The van der Waals surface area contributed by atoms with E-state index in [1.54, 1.807) is 0 Å². The molecule has 0 radical (unpaired) electrons. The molecule has 1 aliphatic rings. The van der Waals surface area contributed by atoms with Gasteiger partial charge in [-0.25, -0.2) is 0 Å². The lowest BCUT2D eigenvalue weighted by atomic mass is 9.72. The first-order valence-corrected chi connectivity index (χ1v) is 7.04. The minimum Gasteiger partial charge on any atom is -0.491 e. The smallest absolute Gasteiger partial charge is 0.303 e. The Labute approximate surface area is 114 Å². The summed E-state index contributed by atoms with van der Waals surface area (Å²) in [6.45, 7) is 3.99. The Kier molecular flexibility index (Phi) is 4.46. The lowest BCUT2D eigenvalue weighted by Gasteiger charge is -2.33. The van der Waals surface area contributed by atoms with Crippen LogP contribution in [0.4, 0.5) is 0 Å². The van der Waals surface area contributed by atoms with Crippen LogP contribution in [0.1, 0.15) is 51.0 Å². The molecule has 1 fully saturated rings. The number of ether oxygens (including phenoxy) is 1. The van der Waals surface area contributed by atoms with Crippen molar-refractivity contribution in [1.82, 2.24) is 0 Å². The minimum absolute atomic E-state index is 0.152. The Balaban J connectivity index is 2.10. The zero-order valence-electron chi connectivity index (χ0n) is 11.6. The molecule has 0 spiro atoms. The van der Waals surface area contributed by atoms with Gasteiger partial charge in [-0.2, -0.15) is 0 Å². The van der Waals surface area contributed by atoms with Gasteiger partial charge in [-0.3, -0.25) is 4.79 Å². The average Bonchev–Trinajstić information content (AvgIpc) is 2.25. The van der Waals surface area contributed by atoms with Crippen LogP contribution in [0.3, 0.4) is 0 Å². The minimum atomic E-state index is -0.709. The third-order valence-corrected chi connectivity index (χ3v) is 3.79. The predicted octanol–water partition coefficient (Wildman–Crippen LogP) is 3.83. The lowest BCUT2D eigenvalue weighted by molar-refractivity contribution is -0.138. The number of aliphatic carboxylic acids is 1. The summed E-state index contributed by atoms with van der Waals surface area (Å²) in [5, 5.41) is 9.06. The summed E-state index contributed by atoms with van der Waals surface area (Å²) < 4.78 is 5.61. The molecule has 0 amide bonds. The van der Waals surface area contributed by atoms with Gasteiger partial charge in [0.25, 0.3) is 0 Å². The quantitative estimate of drug-likeness (QED) is 0.847. The van der Waals surface area contributed by atoms with Gasteiger partial charge < -0.3 is 9.84 Å². The fraction of sp³-hybridized carbons (Fsp3) is 0.562. The van der Waals surface area contributed by atoms with Gasteiger partial charge in [0, 0.05) is 0 Å². The predicted molar refractivity (Wildman–Crippen MR) is 74.5 cm³/mol. The van der Waals surface area contributed by atoms with E-state index in [4.69, 9.17) is 9.84 Å². The summed E-state index contributed by atoms with van der Waals surface area (Å²) in [5.74, 6) is 0.827. The highest BCUT2D eigenvalue weighted by atomic mass is 16.5. The second-order valence-electron chi connectivity index (χ2n) is 5.63. The van der Waals surface area contributed by atoms with E-state index in [2.05, 4.69) is 0 Å². The zero-order valence-corrected chi connectivity index (χ0v) is 11.6. The largest absolute Gasteiger partial charge is 0.491 e. The molecule has 3 heteroatoms. The van der Waals surface area contributed by atoms with Crippen molar-refractivity contribution in [2.75, 3.05) is 0 Å². The fourth-order valence-corrected chi connectivity index (χ4v) is 2.65. The topological polar surface area (TPSA) is 46.5 Å². The van der Waals surface area contributed by atoms with Crippen molar-refractivity contribution < 1.29 is 14.6 Å². The molecule has 1 atom stereocenters. The highest BCUT2D eigenvalue weighted by Crippen LogP contribution is 2.41. The second kappa shape index (κ2) is 6.09. The van der Waals surface area contributed by atoms with E-state index in [1.165, 1.54) is 6.42 Å². The van der Waals surface area contributed by atoms with Gasteiger partial charge in [-0.15, -0.1) is 0 Å². The van der Waals surface area contributed by atoms with E-state index in [-0.39, 0.29) is 18.4 Å². The molecule has 0 aromatic heterocycles. The maximum absolute atomic E-state index is 11.0. The Hall–Kier alpha value is -1.51. The molecule has 1 aliphatic carbocycles. The summed E-state index contributed by atoms with van der Waals surface area (Å²) in [7, 11) is 0. The molecule has 1 N–H and O–H groups in total. The number of hydrogen-bond acceptors (Lipinski definition) is 2. The number of rotatable bonds is 6. The van der Waals surface area contributed by atoms with Crippen LogP contribution < -0.4 is 4.74 Å². The molecule has 1 aromatic rings. The van der Waals surface area contributed by atoms with Crippen LogP contribution in [-0.4, -0.2) is 17.2 Å². The highest BCUT2D eigenvalue weighted by molar-refractivity contribution is 5.68. The third-order valence-electron chi connectivity index (χ3n) is 3.79. The van der Waals surface area contributed by atoms with Crippen molar-refractivity contribution in [3.05, 3.63) is 29.8 Å². The maximum atomic E-state index is 11.0. The van der Waals surface area contributed by atoms with Crippen molar-refractivity contribution in [2.24, 2.45) is 5.92 Å². The van der Waals surface area contributed by atoms with Crippen LogP contribution in [0.2, 0.25) is 0 Å². The standard InChI is InChI=1S/C16H22O3/c1-11(2)19-14-8-6-13(7-9-14)15(10-16(17)18)12-4-3-5-12/h6-9,11-12,15H,3-5,10H2,1-2H3,(H,17,18). The van der Waals surface area contributed by atoms with Gasteiger partial charge in [0.1, 0.15) is 5.75 Å². The Morgan fingerprint density at radius 2 is 1.95 bits per heavy atom. The molecule has 3 nitrogen and oxygen atoms in total.